The van der Waals surface area contributed by atoms with E-state index in [1.54, 1.807) is 6.07 Å². The van der Waals surface area contributed by atoms with Crippen LogP contribution in [0.1, 0.15) is 25.8 Å². The van der Waals surface area contributed by atoms with Crippen LogP contribution in [-0.4, -0.2) is 25.8 Å². The molecule has 0 radical (unpaired) electrons. The second-order valence-electron chi connectivity index (χ2n) is 5.85. The molecule has 4 nitrogen and oxygen atoms in total. The van der Waals surface area contributed by atoms with Crippen molar-refractivity contribution in [1.29, 1.82) is 0 Å². The van der Waals surface area contributed by atoms with Crippen LogP contribution in [0.15, 0.2) is 17.0 Å². The third-order valence-electron chi connectivity index (χ3n) is 3.75. The minimum atomic E-state index is -3.65. The summed E-state index contributed by atoms with van der Waals surface area (Å²) >= 11 is 12.2. The first-order valence-electron chi connectivity index (χ1n) is 6.93. The summed E-state index contributed by atoms with van der Waals surface area (Å²) in [6.45, 7) is 5.28. The van der Waals surface area contributed by atoms with Gasteiger partial charge in [-0.3, -0.25) is 0 Å². The summed E-state index contributed by atoms with van der Waals surface area (Å²) in [7, 11) is -3.65. The molecule has 2 rings (SSSR count). The number of halogens is 2. The van der Waals surface area contributed by atoms with Gasteiger partial charge in [0.15, 0.2) is 0 Å². The van der Waals surface area contributed by atoms with Crippen LogP contribution in [0.25, 0.3) is 0 Å². The molecular weight excluding hydrogens is 331 g/mol. The van der Waals surface area contributed by atoms with Gasteiger partial charge in [-0.1, -0.05) is 37.0 Å². The molecule has 0 aliphatic carbocycles. The largest absolute Gasteiger partial charge is 0.326 e. The van der Waals surface area contributed by atoms with Crippen LogP contribution in [0.2, 0.25) is 10.0 Å². The Labute approximate surface area is 136 Å². The topological polar surface area (TPSA) is 63.4 Å². The number of rotatable bonds is 3. The molecule has 1 aromatic carbocycles. The highest BCUT2D eigenvalue weighted by molar-refractivity contribution is 7.89. The minimum absolute atomic E-state index is 0.0541. The van der Waals surface area contributed by atoms with E-state index < -0.39 is 10.0 Å². The second kappa shape index (κ2) is 6.42. The maximum absolute atomic E-state index is 12.9. The van der Waals surface area contributed by atoms with Gasteiger partial charge >= 0.3 is 0 Å². The zero-order valence-electron chi connectivity index (χ0n) is 12.1. The summed E-state index contributed by atoms with van der Waals surface area (Å²) in [5.41, 5.74) is 6.15. The van der Waals surface area contributed by atoms with E-state index in [9.17, 15) is 8.42 Å². The lowest BCUT2D eigenvalue weighted by molar-refractivity contribution is 0.222. The van der Waals surface area contributed by atoms with E-state index in [1.165, 1.54) is 10.4 Å². The Morgan fingerprint density at radius 1 is 1.24 bits per heavy atom. The molecule has 1 aliphatic heterocycles. The predicted octanol–water partition coefficient (Wildman–Crippen LogP) is 3.12. The van der Waals surface area contributed by atoms with E-state index in [0.29, 0.717) is 35.5 Å². The molecule has 0 bridgehead atoms. The smallest absolute Gasteiger partial charge is 0.244 e. The lowest BCUT2D eigenvalue weighted by Gasteiger charge is -2.34. The van der Waals surface area contributed by atoms with Crippen LogP contribution in [0.3, 0.4) is 0 Å². The molecule has 0 amide bonds. The van der Waals surface area contributed by atoms with Crippen LogP contribution < -0.4 is 5.73 Å². The van der Waals surface area contributed by atoms with Gasteiger partial charge in [0, 0.05) is 24.7 Å². The van der Waals surface area contributed by atoms with E-state index >= 15 is 0 Å². The fourth-order valence-electron chi connectivity index (χ4n) is 2.90. The van der Waals surface area contributed by atoms with Crippen molar-refractivity contribution < 1.29 is 8.42 Å². The molecule has 7 heteroatoms. The standard InChI is InChI=1S/C14H20Cl2N2O2S/c1-9-3-10(2)8-18(7-9)21(19,20)13-5-12(15)4-11(6-17)14(13)16/h4-5,9-10H,3,6-8,17H2,1-2H3. The van der Waals surface area contributed by atoms with E-state index in [0.717, 1.165) is 6.42 Å². The first-order valence-corrected chi connectivity index (χ1v) is 9.13. The van der Waals surface area contributed by atoms with Crippen LogP contribution in [-0.2, 0) is 16.6 Å². The van der Waals surface area contributed by atoms with Gasteiger partial charge in [0.1, 0.15) is 4.90 Å². The Kier molecular flexibility index (Phi) is 5.21. The van der Waals surface area contributed by atoms with Gasteiger partial charge < -0.3 is 5.73 Å². The van der Waals surface area contributed by atoms with Crippen molar-refractivity contribution in [2.24, 2.45) is 17.6 Å². The van der Waals surface area contributed by atoms with Crippen LogP contribution in [0.4, 0.5) is 0 Å². The van der Waals surface area contributed by atoms with Crippen LogP contribution >= 0.6 is 23.2 Å². The van der Waals surface area contributed by atoms with E-state index in [2.05, 4.69) is 13.8 Å². The highest BCUT2D eigenvalue weighted by atomic mass is 35.5. The predicted molar refractivity (Wildman–Crippen MR) is 86.1 cm³/mol. The van der Waals surface area contributed by atoms with Crippen molar-refractivity contribution in [3.05, 3.63) is 27.7 Å². The molecule has 1 aromatic rings. The first kappa shape index (κ1) is 17.0. The Morgan fingerprint density at radius 2 is 1.81 bits per heavy atom. The SMILES string of the molecule is CC1CC(C)CN(S(=O)(=O)c2cc(Cl)cc(CN)c2Cl)C1. The van der Waals surface area contributed by atoms with Crippen LogP contribution in [0.5, 0.6) is 0 Å². The maximum atomic E-state index is 12.9. The number of hydrogen-bond acceptors (Lipinski definition) is 3. The summed E-state index contributed by atoms with van der Waals surface area (Å²) in [6, 6.07) is 3.01. The average molecular weight is 351 g/mol. The highest BCUT2D eigenvalue weighted by Crippen LogP contribution is 2.33. The third-order valence-corrected chi connectivity index (χ3v) is 6.38. The van der Waals surface area contributed by atoms with Crippen LogP contribution in [0, 0.1) is 11.8 Å². The van der Waals surface area contributed by atoms with Gasteiger partial charge in [0.05, 0.1) is 5.02 Å². The second-order valence-corrected chi connectivity index (χ2v) is 8.57. The molecule has 21 heavy (non-hydrogen) atoms. The maximum Gasteiger partial charge on any atom is 0.244 e. The molecule has 2 N–H and O–H groups in total. The number of nitrogens with zero attached hydrogens (tertiary/aromatic N) is 1. The number of benzene rings is 1. The average Bonchev–Trinajstić information content (AvgIpc) is 2.39. The van der Waals surface area contributed by atoms with Crippen molar-refractivity contribution in [2.75, 3.05) is 13.1 Å². The van der Waals surface area contributed by atoms with Gasteiger partial charge in [0.2, 0.25) is 10.0 Å². The summed E-state index contributed by atoms with van der Waals surface area (Å²) in [6.07, 6.45) is 1.03. The van der Waals surface area contributed by atoms with Gasteiger partial charge in [-0.2, -0.15) is 4.31 Å². The van der Waals surface area contributed by atoms with Crippen molar-refractivity contribution in [1.82, 2.24) is 4.31 Å². The summed E-state index contributed by atoms with van der Waals surface area (Å²) in [5.74, 6) is 0.658. The summed E-state index contributed by atoms with van der Waals surface area (Å²) in [4.78, 5) is 0.0541. The van der Waals surface area contributed by atoms with E-state index in [-0.39, 0.29) is 16.5 Å². The van der Waals surface area contributed by atoms with Crippen molar-refractivity contribution in [2.45, 2.75) is 31.7 Å². The van der Waals surface area contributed by atoms with Crippen molar-refractivity contribution in [3.63, 3.8) is 0 Å². The molecule has 118 valence electrons. The van der Waals surface area contributed by atoms with Gasteiger partial charge in [-0.25, -0.2) is 8.42 Å². The Balaban J connectivity index is 2.47. The highest BCUT2D eigenvalue weighted by Gasteiger charge is 2.33. The molecule has 1 aliphatic rings. The number of nitrogens with two attached hydrogens (primary N) is 1. The molecule has 0 aromatic heterocycles. The van der Waals surface area contributed by atoms with Gasteiger partial charge in [0.25, 0.3) is 0 Å². The summed E-state index contributed by atoms with van der Waals surface area (Å²) < 4.78 is 27.2. The molecule has 0 saturated carbocycles. The van der Waals surface area contributed by atoms with E-state index in [4.69, 9.17) is 28.9 Å². The first-order chi connectivity index (χ1) is 9.75. The summed E-state index contributed by atoms with van der Waals surface area (Å²) in [5, 5.41) is 0.504. The normalized spacial score (nSPS) is 24.2. The van der Waals surface area contributed by atoms with Gasteiger partial charge in [-0.05, 0) is 36.0 Å². The molecule has 1 saturated heterocycles. The van der Waals surface area contributed by atoms with Gasteiger partial charge in [-0.15, -0.1) is 0 Å². The third kappa shape index (κ3) is 3.54. The van der Waals surface area contributed by atoms with Crippen molar-refractivity contribution in [3.8, 4) is 0 Å². The zero-order valence-corrected chi connectivity index (χ0v) is 14.5. The number of piperidine rings is 1. The number of sulfonamides is 1. The molecule has 1 heterocycles. The molecule has 1 fully saturated rings. The van der Waals surface area contributed by atoms with E-state index in [1.807, 2.05) is 0 Å². The quantitative estimate of drug-likeness (QED) is 0.910. The monoisotopic (exact) mass is 350 g/mol. The Bertz CT molecular complexity index is 624. The minimum Gasteiger partial charge on any atom is -0.326 e. The molecular formula is C14H20Cl2N2O2S. The number of hydrogen-bond donors (Lipinski definition) is 1. The Morgan fingerprint density at radius 3 is 2.33 bits per heavy atom. The molecule has 2 atom stereocenters. The fraction of sp³-hybridized carbons (Fsp3) is 0.571. The Hall–Kier alpha value is -0.330. The lowest BCUT2D eigenvalue weighted by Crippen LogP contribution is -2.42. The molecule has 2 unspecified atom stereocenters. The molecule has 0 spiro atoms. The zero-order chi connectivity index (χ0) is 15.8. The fourth-order valence-corrected chi connectivity index (χ4v) is 5.49. The van der Waals surface area contributed by atoms with Crippen molar-refractivity contribution >= 4 is 33.2 Å². The lowest BCUT2D eigenvalue weighted by atomic mass is 9.94.